The number of morpholine rings is 2. The number of rotatable bonds is 14. The van der Waals surface area contributed by atoms with Crippen molar-refractivity contribution in [3.8, 4) is 0 Å². The highest BCUT2D eigenvalue weighted by Gasteiger charge is 2.19. The highest BCUT2D eigenvalue weighted by Crippen LogP contribution is 2.09. The minimum Gasteiger partial charge on any atom is -0.379 e. The van der Waals surface area contributed by atoms with Crippen LogP contribution >= 0.6 is 8.58 Å². The molecule has 2 heterocycles. The second kappa shape index (κ2) is 24.5. The van der Waals surface area contributed by atoms with Gasteiger partial charge in [-0.3, -0.25) is 9.80 Å². The van der Waals surface area contributed by atoms with Gasteiger partial charge in [0.05, 0.1) is 25.9 Å². The molecule has 0 aliphatic carbocycles. The smallest absolute Gasteiger partial charge is 0.0826 e. The lowest BCUT2D eigenvalue weighted by Gasteiger charge is -2.33. The summed E-state index contributed by atoms with van der Waals surface area (Å²) >= 11 is 0. The first-order chi connectivity index (χ1) is 16.8. The van der Waals surface area contributed by atoms with Crippen molar-refractivity contribution in [3.63, 3.8) is 0 Å². The fourth-order valence-electron chi connectivity index (χ4n) is 4.15. The topological polar surface area (TPSA) is 40.2 Å². The van der Waals surface area contributed by atoms with E-state index in [0.717, 1.165) is 85.8 Å². The first-order valence-corrected chi connectivity index (χ1v) is 16.2. The maximum atomic E-state index is 5.78. The third kappa shape index (κ3) is 23.1. The van der Waals surface area contributed by atoms with Gasteiger partial charge in [-0.25, -0.2) is 0 Å². The van der Waals surface area contributed by atoms with E-state index in [4.69, 9.17) is 9.47 Å². The lowest BCUT2D eigenvalue weighted by molar-refractivity contribution is -0.0269. The molecule has 0 amide bonds. The molecule has 6 nitrogen and oxygen atoms in total. The molecule has 212 valence electrons. The van der Waals surface area contributed by atoms with Crippen molar-refractivity contribution in [2.24, 2.45) is 11.8 Å². The van der Waals surface area contributed by atoms with E-state index in [2.05, 4.69) is 75.3 Å². The number of ether oxygens (including phenoxy) is 2. The molecular weight excluding hydrogens is 455 g/mol. The summed E-state index contributed by atoms with van der Waals surface area (Å²) in [7, 11) is 3.14. The summed E-state index contributed by atoms with van der Waals surface area (Å²) in [5, 5.41) is 3.46. The van der Waals surface area contributed by atoms with Crippen LogP contribution in [0.4, 0.5) is 0 Å². The normalized spacial score (nSPS) is 19.8. The number of nitrogens with zero attached hydrogens (tertiary/aromatic N) is 3. The van der Waals surface area contributed by atoms with Gasteiger partial charge in [-0.15, -0.1) is 8.58 Å². The van der Waals surface area contributed by atoms with Gasteiger partial charge in [0.15, 0.2) is 0 Å². The molecule has 0 radical (unpaired) electrons. The monoisotopic (exact) mass is 518 g/mol. The van der Waals surface area contributed by atoms with Gasteiger partial charge in [-0.05, 0) is 64.4 Å². The van der Waals surface area contributed by atoms with Gasteiger partial charge in [0.1, 0.15) is 0 Å². The summed E-state index contributed by atoms with van der Waals surface area (Å²) < 4.78 is 11.0. The minimum absolute atomic E-state index is 0.402. The van der Waals surface area contributed by atoms with Crippen molar-refractivity contribution in [2.75, 3.05) is 98.7 Å². The van der Waals surface area contributed by atoms with E-state index in [1.807, 2.05) is 0 Å². The van der Waals surface area contributed by atoms with Crippen molar-refractivity contribution in [2.45, 2.75) is 73.3 Å². The molecule has 0 aromatic heterocycles. The summed E-state index contributed by atoms with van der Waals surface area (Å²) in [6.45, 7) is 28.9. The summed E-state index contributed by atoms with van der Waals surface area (Å²) in [5.41, 5.74) is 0. The van der Waals surface area contributed by atoms with Crippen molar-refractivity contribution in [1.29, 1.82) is 0 Å². The summed E-state index contributed by atoms with van der Waals surface area (Å²) in [6, 6.07) is 0. The van der Waals surface area contributed by atoms with Gasteiger partial charge in [0, 0.05) is 45.6 Å². The molecule has 2 atom stereocenters. The molecule has 0 saturated carbocycles. The Morgan fingerprint density at radius 3 is 2.14 bits per heavy atom. The summed E-state index contributed by atoms with van der Waals surface area (Å²) in [4.78, 5) is 7.37. The average molecular weight is 519 g/mol. The third-order valence-corrected chi connectivity index (χ3v) is 6.90. The molecule has 2 rings (SSSR count). The lowest BCUT2D eigenvalue weighted by Crippen LogP contribution is -2.46. The van der Waals surface area contributed by atoms with E-state index >= 15 is 0 Å². The Balaban J connectivity index is 0.000000545. The van der Waals surface area contributed by atoms with Crippen LogP contribution in [0.5, 0.6) is 0 Å². The molecule has 2 fully saturated rings. The zero-order valence-corrected chi connectivity index (χ0v) is 25.9. The molecule has 2 unspecified atom stereocenters. The van der Waals surface area contributed by atoms with Crippen molar-refractivity contribution >= 4 is 8.58 Å². The van der Waals surface area contributed by atoms with Crippen LogP contribution in [0.3, 0.4) is 0 Å². The van der Waals surface area contributed by atoms with Crippen LogP contribution in [0.2, 0.25) is 0 Å². The zero-order valence-electron chi connectivity index (χ0n) is 24.9. The fraction of sp³-hybridized carbons (Fsp3) is 1.00. The first-order valence-electron chi connectivity index (χ1n) is 14.5. The number of unbranched alkanes of at least 4 members (excludes halogenated alkanes) is 1. The van der Waals surface area contributed by atoms with Crippen LogP contribution in [0, 0.1) is 11.8 Å². The summed E-state index contributed by atoms with van der Waals surface area (Å²) in [5.74, 6) is 1.64. The molecule has 0 bridgehead atoms. The Hall–Kier alpha value is 0.190. The van der Waals surface area contributed by atoms with Crippen LogP contribution < -0.4 is 5.32 Å². The number of nitrogens with one attached hydrogen (secondary N) is 1. The number of hydrogen-bond donors (Lipinski definition) is 1. The Morgan fingerprint density at radius 1 is 0.943 bits per heavy atom. The predicted octanol–water partition coefficient (Wildman–Crippen LogP) is 4.69. The average Bonchev–Trinajstić information content (AvgIpc) is 2.84. The van der Waals surface area contributed by atoms with Crippen LogP contribution in [-0.2, 0) is 9.47 Å². The second-order valence-corrected chi connectivity index (χ2v) is 11.9. The molecule has 7 heteroatoms. The lowest BCUT2D eigenvalue weighted by atomic mass is 10.1. The standard InChI is InChI=1S/C13H29N2OP.C8H17NO.C7H17N/c1-12(2)5-4-6-15-7-8-16-13(10-15)9-14-11-17-3;1-2-3-4-9-5-7-10-8-6-9;1-5-8(4)6-7(2)3/h12-14,17H,4-11H2,1-3H3;2-8H2,1H3;7H,5-6H2,1-4H3. The molecular formula is C28H63N4O2P. The van der Waals surface area contributed by atoms with Crippen LogP contribution in [-0.4, -0.2) is 120 Å². The molecule has 2 aliphatic heterocycles. The van der Waals surface area contributed by atoms with Crippen molar-refractivity contribution in [1.82, 2.24) is 20.0 Å². The Bertz CT molecular complexity index is 437. The van der Waals surface area contributed by atoms with E-state index < -0.39 is 0 Å². The van der Waals surface area contributed by atoms with E-state index in [9.17, 15) is 0 Å². The Kier molecular flexibility index (Phi) is 24.7. The van der Waals surface area contributed by atoms with Gasteiger partial charge in [-0.2, -0.15) is 0 Å². The molecule has 0 aromatic carbocycles. The maximum Gasteiger partial charge on any atom is 0.0826 e. The Morgan fingerprint density at radius 2 is 1.60 bits per heavy atom. The van der Waals surface area contributed by atoms with E-state index in [0.29, 0.717) is 6.10 Å². The zero-order chi connectivity index (χ0) is 26.3. The van der Waals surface area contributed by atoms with Gasteiger partial charge >= 0.3 is 0 Å². The molecule has 2 saturated heterocycles. The summed E-state index contributed by atoms with van der Waals surface area (Å²) in [6.07, 6.45) is 6.84. The highest BCUT2D eigenvalue weighted by molar-refractivity contribution is 7.36. The highest BCUT2D eigenvalue weighted by atomic mass is 31.1. The molecule has 35 heavy (non-hydrogen) atoms. The third-order valence-electron chi connectivity index (χ3n) is 6.30. The van der Waals surface area contributed by atoms with Gasteiger partial charge in [-0.1, -0.05) is 48.0 Å². The quantitative estimate of drug-likeness (QED) is 0.266. The first kappa shape index (κ1) is 35.2. The Labute approximate surface area is 222 Å². The predicted molar refractivity (Wildman–Crippen MR) is 158 cm³/mol. The van der Waals surface area contributed by atoms with Gasteiger partial charge < -0.3 is 19.7 Å². The second-order valence-electron chi connectivity index (χ2n) is 10.9. The van der Waals surface area contributed by atoms with Crippen LogP contribution in [0.15, 0.2) is 0 Å². The van der Waals surface area contributed by atoms with Crippen LogP contribution in [0.25, 0.3) is 0 Å². The molecule has 1 N–H and O–H groups in total. The van der Waals surface area contributed by atoms with Gasteiger partial charge in [0.25, 0.3) is 0 Å². The van der Waals surface area contributed by atoms with Crippen molar-refractivity contribution < 1.29 is 9.47 Å². The number of hydrogen-bond acceptors (Lipinski definition) is 6. The van der Waals surface area contributed by atoms with E-state index in [-0.39, 0.29) is 0 Å². The van der Waals surface area contributed by atoms with E-state index in [1.54, 1.807) is 0 Å². The molecule has 0 aromatic rings. The van der Waals surface area contributed by atoms with E-state index in [1.165, 1.54) is 45.3 Å². The SMILES string of the molecule is CCCCN1CCOCC1.CCN(C)CC(C)C.CPCNCC1CN(CCCC(C)C)CCO1. The molecule has 2 aliphatic rings. The minimum atomic E-state index is 0.402. The van der Waals surface area contributed by atoms with Crippen molar-refractivity contribution in [3.05, 3.63) is 0 Å². The largest absolute Gasteiger partial charge is 0.379 e. The maximum absolute atomic E-state index is 5.78. The van der Waals surface area contributed by atoms with Crippen LogP contribution in [0.1, 0.15) is 67.2 Å². The van der Waals surface area contributed by atoms with Gasteiger partial charge in [0.2, 0.25) is 0 Å². The molecule has 0 spiro atoms. The fourth-order valence-corrected chi connectivity index (χ4v) is 4.54.